The minimum Gasteiger partial charge on any atom is -0.478 e. The molecule has 1 atom stereocenters. The fraction of sp³-hybridized carbons (Fsp3) is 0.833. The molecule has 0 spiro atoms. The first-order valence-corrected chi connectivity index (χ1v) is 5.79. The van der Waals surface area contributed by atoms with Crippen molar-refractivity contribution in [1.82, 2.24) is 5.32 Å². The second-order valence-electron chi connectivity index (χ2n) is 6.16. The van der Waals surface area contributed by atoms with Gasteiger partial charge in [0.1, 0.15) is 0 Å². The Hall–Kier alpha value is -1.10. The van der Waals surface area contributed by atoms with Crippen LogP contribution in [0.25, 0.3) is 0 Å². The van der Waals surface area contributed by atoms with Crippen molar-refractivity contribution in [2.45, 2.75) is 46.8 Å². The quantitative estimate of drug-likeness (QED) is 0.645. The third-order valence-corrected chi connectivity index (χ3v) is 3.75. The summed E-state index contributed by atoms with van der Waals surface area (Å²) < 4.78 is 0. The van der Waals surface area contributed by atoms with Crippen molar-refractivity contribution in [3.05, 3.63) is 0 Å². The third kappa shape index (κ3) is 2.77. The summed E-state index contributed by atoms with van der Waals surface area (Å²) in [5, 5.41) is 19.9. The summed E-state index contributed by atoms with van der Waals surface area (Å²) in [5.41, 5.74) is -0.350. The monoisotopic (exact) mass is 243 g/mol. The largest absolute Gasteiger partial charge is 0.478 e. The number of nitrogens with one attached hydrogen (secondary N) is 1. The van der Waals surface area contributed by atoms with Crippen molar-refractivity contribution >= 4 is 11.9 Å². The van der Waals surface area contributed by atoms with Crippen molar-refractivity contribution in [3.63, 3.8) is 0 Å². The molecule has 1 unspecified atom stereocenters. The van der Waals surface area contributed by atoms with E-state index in [0.717, 1.165) is 12.8 Å². The highest BCUT2D eigenvalue weighted by atomic mass is 16.4. The highest BCUT2D eigenvalue weighted by Gasteiger charge is 2.51. The maximum atomic E-state index is 12.1. The first kappa shape index (κ1) is 14.0. The van der Waals surface area contributed by atoms with Crippen LogP contribution in [0.3, 0.4) is 0 Å². The lowest BCUT2D eigenvalue weighted by Gasteiger charge is -2.34. The summed E-state index contributed by atoms with van der Waals surface area (Å²) in [4.78, 5) is 22.6. The molecular weight excluding hydrogens is 222 g/mol. The molecule has 0 aromatic carbocycles. The summed E-state index contributed by atoms with van der Waals surface area (Å²) in [6.07, 6.45) is 0.0115. The fourth-order valence-corrected chi connectivity index (χ4v) is 2.98. The lowest BCUT2D eigenvalue weighted by Crippen LogP contribution is -2.48. The van der Waals surface area contributed by atoms with Gasteiger partial charge in [0.05, 0.1) is 0 Å². The number of aliphatic hydroxyl groups is 1. The molecule has 0 aromatic rings. The number of hydrogen-bond acceptors (Lipinski definition) is 3. The molecule has 1 aliphatic rings. The zero-order valence-corrected chi connectivity index (χ0v) is 10.8. The number of rotatable bonds is 3. The molecule has 3 N–H and O–H groups in total. The molecule has 0 aromatic heterocycles. The first-order chi connectivity index (χ1) is 7.58. The molecular formula is C12H21NO4. The Morgan fingerprint density at radius 3 is 1.94 bits per heavy atom. The van der Waals surface area contributed by atoms with Gasteiger partial charge in [0.15, 0.2) is 0 Å². The number of carboxylic acid groups (broad SMARTS) is 1. The number of aliphatic hydroxyl groups excluding tert-OH is 1. The molecule has 1 amide bonds. The number of aliphatic carboxylic acids is 1. The van der Waals surface area contributed by atoms with Gasteiger partial charge in [-0.2, -0.15) is 0 Å². The maximum absolute atomic E-state index is 12.1. The van der Waals surface area contributed by atoms with Crippen LogP contribution in [-0.4, -0.2) is 28.3 Å². The van der Waals surface area contributed by atoms with Crippen LogP contribution in [0.1, 0.15) is 40.5 Å². The van der Waals surface area contributed by atoms with Gasteiger partial charge in [-0.25, -0.2) is 4.79 Å². The van der Waals surface area contributed by atoms with Gasteiger partial charge in [-0.3, -0.25) is 4.79 Å². The predicted molar refractivity (Wildman–Crippen MR) is 62.1 cm³/mol. The molecule has 1 rings (SSSR count). The predicted octanol–water partition coefficient (Wildman–Crippen LogP) is 0.968. The molecule has 5 nitrogen and oxygen atoms in total. The van der Waals surface area contributed by atoms with E-state index in [9.17, 15) is 9.59 Å². The minimum absolute atomic E-state index is 0.175. The fourth-order valence-electron chi connectivity index (χ4n) is 2.98. The summed E-state index contributed by atoms with van der Waals surface area (Å²) >= 11 is 0. The highest BCUT2D eigenvalue weighted by molar-refractivity contribution is 5.85. The van der Waals surface area contributed by atoms with Crippen molar-refractivity contribution in [2.75, 3.05) is 0 Å². The Kier molecular flexibility index (Phi) is 3.52. The Morgan fingerprint density at radius 2 is 1.59 bits per heavy atom. The van der Waals surface area contributed by atoms with Crippen LogP contribution in [0.2, 0.25) is 0 Å². The van der Waals surface area contributed by atoms with E-state index < -0.39 is 12.2 Å². The lowest BCUT2D eigenvalue weighted by molar-refractivity contribution is -0.153. The van der Waals surface area contributed by atoms with Gasteiger partial charge in [0.25, 0.3) is 0 Å². The molecule has 1 aliphatic carbocycles. The average molecular weight is 243 g/mol. The van der Waals surface area contributed by atoms with Gasteiger partial charge in [0.2, 0.25) is 12.1 Å². The van der Waals surface area contributed by atoms with Gasteiger partial charge >= 0.3 is 5.97 Å². The van der Waals surface area contributed by atoms with E-state index in [0.29, 0.717) is 0 Å². The van der Waals surface area contributed by atoms with Crippen LogP contribution in [0.4, 0.5) is 0 Å². The molecule has 1 saturated carbocycles. The van der Waals surface area contributed by atoms with Crippen LogP contribution in [0.5, 0.6) is 0 Å². The number of carbonyl (C=O) groups is 2. The van der Waals surface area contributed by atoms with Crippen molar-refractivity contribution in [1.29, 1.82) is 0 Å². The molecule has 98 valence electrons. The molecule has 1 fully saturated rings. The normalized spacial score (nSPS) is 24.3. The van der Waals surface area contributed by atoms with Crippen molar-refractivity contribution in [3.8, 4) is 0 Å². The minimum atomic E-state index is -1.82. The molecule has 0 radical (unpaired) electrons. The van der Waals surface area contributed by atoms with Crippen LogP contribution in [0, 0.1) is 16.7 Å². The van der Waals surface area contributed by atoms with E-state index >= 15 is 0 Å². The summed E-state index contributed by atoms with van der Waals surface area (Å²) in [6, 6.07) is 0. The number of carbonyl (C=O) groups excluding carboxylic acids is 1. The van der Waals surface area contributed by atoms with E-state index in [4.69, 9.17) is 10.2 Å². The SMILES string of the molecule is CC1(C)CCC(C)(C)C1C(=O)NC(O)C(=O)O. The summed E-state index contributed by atoms with van der Waals surface area (Å²) in [5.74, 6) is -2.11. The molecule has 0 bridgehead atoms. The zero-order chi connectivity index (χ0) is 13.4. The molecule has 5 heteroatoms. The second-order valence-corrected chi connectivity index (χ2v) is 6.16. The molecule has 0 heterocycles. The van der Waals surface area contributed by atoms with Crippen molar-refractivity contribution < 1.29 is 19.8 Å². The summed E-state index contributed by atoms with van der Waals surface area (Å²) in [7, 11) is 0. The van der Waals surface area contributed by atoms with Gasteiger partial charge in [-0.05, 0) is 23.7 Å². The van der Waals surface area contributed by atoms with Crippen LogP contribution < -0.4 is 5.32 Å². The van der Waals surface area contributed by atoms with Crippen LogP contribution in [0.15, 0.2) is 0 Å². The Bertz CT molecular complexity index is 319. The topological polar surface area (TPSA) is 86.6 Å². The van der Waals surface area contributed by atoms with Gasteiger partial charge in [-0.1, -0.05) is 27.7 Å². The summed E-state index contributed by atoms with van der Waals surface area (Å²) in [6.45, 7) is 8.00. The van der Waals surface area contributed by atoms with E-state index in [1.54, 1.807) is 0 Å². The smallest absolute Gasteiger partial charge is 0.353 e. The average Bonchev–Trinajstić information content (AvgIpc) is 2.35. The van der Waals surface area contributed by atoms with Gasteiger partial charge < -0.3 is 15.5 Å². The Morgan fingerprint density at radius 1 is 1.18 bits per heavy atom. The van der Waals surface area contributed by atoms with E-state index in [1.807, 2.05) is 27.7 Å². The highest BCUT2D eigenvalue weighted by Crippen LogP contribution is 2.53. The number of hydrogen-bond donors (Lipinski definition) is 3. The maximum Gasteiger partial charge on any atom is 0.353 e. The van der Waals surface area contributed by atoms with E-state index in [-0.39, 0.29) is 22.7 Å². The van der Waals surface area contributed by atoms with Gasteiger partial charge in [-0.15, -0.1) is 0 Å². The van der Waals surface area contributed by atoms with Crippen LogP contribution in [-0.2, 0) is 9.59 Å². The van der Waals surface area contributed by atoms with Gasteiger partial charge in [0, 0.05) is 5.92 Å². The number of carboxylic acids is 1. The molecule has 0 aliphatic heterocycles. The van der Waals surface area contributed by atoms with Crippen LogP contribution >= 0.6 is 0 Å². The third-order valence-electron chi connectivity index (χ3n) is 3.75. The Labute approximate surface area is 101 Å². The second kappa shape index (κ2) is 4.29. The van der Waals surface area contributed by atoms with E-state index in [2.05, 4.69) is 5.32 Å². The zero-order valence-electron chi connectivity index (χ0n) is 10.8. The van der Waals surface area contributed by atoms with E-state index in [1.165, 1.54) is 0 Å². The first-order valence-electron chi connectivity index (χ1n) is 5.79. The molecule has 17 heavy (non-hydrogen) atoms. The number of amides is 1. The standard InChI is InChI=1S/C12H21NO4/c1-11(2)5-6-12(3,4)7(11)8(14)13-9(15)10(16)17/h7,9,15H,5-6H2,1-4H3,(H,13,14)(H,16,17). The lowest BCUT2D eigenvalue weighted by atomic mass is 9.72. The Balaban J connectivity index is 2.83. The van der Waals surface area contributed by atoms with Crippen molar-refractivity contribution in [2.24, 2.45) is 16.7 Å². The molecule has 0 saturated heterocycles.